The van der Waals surface area contributed by atoms with Crippen LogP contribution in [-0.4, -0.2) is 99.2 Å². The fraction of sp³-hybridized carbons (Fsp3) is 0.759. The van der Waals surface area contributed by atoms with Crippen LogP contribution in [0.4, 0.5) is 0 Å². The number of hydrogen-bond acceptors (Lipinski definition) is 11. The highest BCUT2D eigenvalue weighted by molar-refractivity contribution is 5.90. The molecule has 7 rings (SSSR count). The van der Waals surface area contributed by atoms with Crippen molar-refractivity contribution >= 4 is 17.7 Å². The molecule has 11 nitrogen and oxygen atoms in total. The highest BCUT2D eigenvalue weighted by Crippen LogP contribution is 2.74. The molecule has 40 heavy (non-hydrogen) atoms. The lowest BCUT2D eigenvalue weighted by atomic mass is 9.40. The Morgan fingerprint density at radius 2 is 1.88 bits per heavy atom. The van der Waals surface area contributed by atoms with Gasteiger partial charge in [0.2, 0.25) is 0 Å². The summed E-state index contributed by atoms with van der Waals surface area (Å²) in [6, 6.07) is 0. The Hall–Kier alpha value is -2.15. The minimum Gasteiger partial charge on any atom is -0.462 e. The van der Waals surface area contributed by atoms with Gasteiger partial charge >= 0.3 is 11.9 Å². The number of carbonyl (C=O) groups excluding carboxylic acids is 3. The summed E-state index contributed by atoms with van der Waals surface area (Å²) in [7, 11) is 0. The van der Waals surface area contributed by atoms with Gasteiger partial charge in [0, 0.05) is 35.3 Å². The molecule has 1 spiro atoms. The van der Waals surface area contributed by atoms with Crippen LogP contribution in [-0.2, 0) is 33.3 Å². The number of esters is 2. The van der Waals surface area contributed by atoms with Crippen molar-refractivity contribution in [3.63, 3.8) is 0 Å². The van der Waals surface area contributed by atoms with Crippen LogP contribution in [0.25, 0.3) is 0 Å². The summed E-state index contributed by atoms with van der Waals surface area (Å²) < 4.78 is 24.0. The Labute approximate surface area is 232 Å². The fourth-order valence-corrected chi connectivity index (χ4v) is 8.89. The second kappa shape index (κ2) is 9.17. The number of hydrogen-bond donors (Lipinski definition) is 4. The topological polar surface area (TPSA) is 169 Å². The van der Waals surface area contributed by atoms with Gasteiger partial charge in [-0.2, -0.15) is 0 Å². The maximum atomic E-state index is 13.2. The fourth-order valence-electron chi connectivity index (χ4n) is 8.89. The van der Waals surface area contributed by atoms with Gasteiger partial charge in [-0.05, 0) is 51.0 Å². The number of carbonyl (C=O) groups is 3. The summed E-state index contributed by atoms with van der Waals surface area (Å²) in [5, 5.41) is 44.3. The number of fused-ring (bicyclic) bond motifs is 2. The number of ketones is 1. The van der Waals surface area contributed by atoms with E-state index in [1.54, 1.807) is 6.92 Å². The Bertz CT molecular complexity index is 1180. The molecule has 3 saturated carbocycles. The van der Waals surface area contributed by atoms with E-state index >= 15 is 0 Å². The van der Waals surface area contributed by atoms with Crippen molar-refractivity contribution in [1.29, 1.82) is 0 Å². The van der Waals surface area contributed by atoms with Crippen LogP contribution in [0.15, 0.2) is 23.8 Å². The van der Waals surface area contributed by atoms with Gasteiger partial charge in [0.05, 0.1) is 24.4 Å². The second-order valence-electron chi connectivity index (χ2n) is 12.9. The predicted octanol–water partition coefficient (Wildman–Crippen LogP) is 0.259. The zero-order chi connectivity index (χ0) is 28.7. The number of cyclic esters (lactones) is 1. The van der Waals surface area contributed by atoms with Gasteiger partial charge < -0.3 is 39.4 Å². The Kier molecular flexibility index (Phi) is 6.42. The molecule has 10 atom stereocenters. The van der Waals surface area contributed by atoms with E-state index in [0.717, 1.165) is 0 Å². The van der Waals surface area contributed by atoms with Gasteiger partial charge in [-0.25, -0.2) is 9.59 Å². The summed E-state index contributed by atoms with van der Waals surface area (Å²) in [5.41, 5.74) is -6.00. The highest BCUT2D eigenvalue weighted by Gasteiger charge is 2.83. The number of Topliss-reactive ketones (excluding diaryl/α,β-unsaturated/α-hetero) is 1. The average Bonchev–Trinajstić information content (AvgIpc) is 3.06. The van der Waals surface area contributed by atoms with E-state index in [2.05, 4.69) is 0 Å². The zero-order valence-electron chi connectivity index (χ0n) is 22.8. The molecule has 0 aromatic heterocycles. The molecule has 11 heteroatoms. The molecule has 3 saturated heterocycles. The van der Waals surface area contributed by atoms with E-state index in [1.807, 2.05) is 6.92 Å². The van der Waals surface area contributed by atoms with E-state index < -0.39 is 82.3 Å². The van der Waals surface area contributed by atoms with Crippen molar-refractivity contribution in [2.75, 3.05) is 19.8 Å². The van der Waals surface area contributed by atoms with Crippen LogP contribution in [0.1, 0.15) is 58.8 Å². The van der Waals surface area contributed by atoms with E-state index in [4.69, 9.17) is 18.9 Å². The van der Waals surface area contributed by atoms with Gasteiger partial charge in [-0.15, -0.1) is 0 Å². The van der Waals surface area contributed by atoms with E-state index in [-0.39, 0.29) is 50.9 Å². The van der Waals surface area contributed by atoms with Crippen molar-refractivity contribution in [2.24, 2.45) is 16.7 Å². The largest absolute Gasteiger partial charge is 0.462 e. The minimum atomic E-state index is -1.77. The first-order valence-electron chi connectivity index (χ1n) is 14.2. The van der Waals surface area contributed by atoms with Gasteiger partial charge in [0.25, 0.3) is 0 Å². The van der Waals surface area contributed by atoms with E-state index in [0.29, 0.717) is 12.8 Å². The minimum absolute atomic E-state index is 0.0351. The third-order valence-electron chi connectivity index (χ3n) is 11.3. The summed E-state index contributed by atoms with van der Waals surface area (Å²) in [4.78, 5) is 39.0. The van der Waals surface area contributed by atoms with Gasteiger partial charge in [0.1, 0.15) is 31.0 Å². The van der Waals surface area contributed by atoms with E-state index in [9.17, 15) is 34.8 Å². The normalized spacial score (nSPS) is 52.2. The number of allylic oxidation sites excluding steroid dienone is 1. The number of rotatable bonds is 2. The molecule has 0 amide bonds. The molecule has 220 valence electrons. The van der Waals surface area contributed by atoms with Crippen LogP contribution in [0.3, 0.4) is 0 Å². The van der Waals surface area contributed by atoms with Crippen molar-refractivity contribution in [1.82, 2.24) is 0 Å². The molecule has 7 aliphatic rings. The average molecular weight is 563 g/mol. The molecule has 3 aliphatic carbocycles. The van der Waals surface area contributed by atoms with Gasteiger partial charge in [-0.1, -0.05) is 13.0 Å². The lowest BCUT2D eigenvalue weighted by Crippen LogP contribution is -2.80. The highest BCUT2D eigenvalue weighted by atomic mass is 16.6. The van der Waals surface area contributed by atoms with Crippen molar-refractivity contribution < 1.29 is 53.8 Å². The van der Waals surface area contributed by atoms with E-state index in [1.165, 1.54) is 18.2 Å². The zero-order valence-corrected chi connectivity index (χ0v) is 22.8. The van der Waals surface area contributed by atoms with Gasteiger partial charge in [0.15, 0.2) is 11.4 Å². The number of aliphatic hydroxyl groups excluding tert-OH is 2. The summed E-state index contributed by atoms with van der Waals surface area (Å²) in [6.45, 7) is 2.64. The van der Waals surface area contributed by atoms with Crippen LogP contribution >= 0.6 is 0 Å². The lowest BCUT2D eigenvalue weighted by molar-refractivity contribution is -0.377. The van der Waals surface area contributed by atoms with Crippen molar-refractivity contribution in [2.45, 2.75) is 100 Å². The second-order valence-corrected chi connectivity index (χ2v) is 12.9. The van der Waals surface area contributed by atoms with Crippen LogP contribution < -0.4 is 0 Å². The standard InChI is InChI=1S/C29H38O11/c1-25(35)8-9-27-15-37-22(33)11-16-6-10-38-28(23(16)34,18(31)14-30)7-4-3-5-21(32)39-19-12-20-29(36,26(19,27)2)13-17(25)24(27)40-20/h3,5,11,17,19-20,23-24,30,34-36H,4,6-10,12-15H2,1-2H3/b5-3-,16-11+/t17-,19+,20+,23+,24+,25-,26+,27+,28+,29-/m0/s1. The first-order valence-corrected chi connectivity index (χ1v) is 14.2. The molecule has 0 aromatic rings. The maximum absolute atomic E-state index is 13.2. The summed E-state index contributed by atoms with van der Waals surface area (Å²) in [5.74, 6) is -2.51. The van der Waals surface area contributed by atoms with Crippen LogP contribution in [0, 0.1) is 16.7 Å². The molecule has 8 bridgehead atoms. The molecule has 0 unspecified atom stereocenters. The Morgan fingerprint density at radius 3 is 2.62 bits per heavy atom. The molecule has 4 heterocycles. The SMILES string of the molecule is C[C@]12[C@H]3C[C@H]4O[C@@H]5[C@H](C[C@]41O)[C@@](C)(O)CC[C@@]52COC(=O)/C=C1\CCO[C@@](C(=O)CO)(CC/C=C\C(=O)O3)[C@@H]1O. The lowest BCUT2D eigenvalue weighted by Gasteiger charge is -2.71. The van der Waals surface area contributed by atoms with Crippen molar-refractivity contribution in [3.8, 4) is 0 Å². The number of ether oxygens (including phenoxy) is 4. The molecule has 0 radical (unpaired) electrons. The molecule has 6 fully saturated rings. The molecule has 4 N–H and O–H groups in total. The Morgan fingerprint density at radius 1 is 1.10 bits per heavy atom. The van der Waals surface area contributed by atoms with Crippen molar-refractivity contribution in [3.05, 3.63) is 23.8 Å². The first kappa shape index (κ1) is 28.0. The number of aliphatic hydroxyl groups is 4. The van der Waals surface area contributed by atoms with Crippen LogP contribution in [0.5, 0.6) is 0 Å². The molecule has 4 aliphatic heterocycles. The summed E-state index contributed by atoms with van der Waals surface area (Å²) >= 11 is 0. The van der Waals surface area contributed by atoms with Crippen LogP contribution in [0.2, 0.25) is 0 Å². The molecular formula is C29H38O11. The maximum Gasteiger partial charge on any atom is 0.330 e. The molecular weight excluding hydrogens is 524 g/mol. The van der Waals surface area contributed by atoms with Gasteiger partial charge in [-0.3, -0.25) is 4.79 Å². The predicted molar refractivity (Wildman–Crippen MR) is 135 cm³/mol. The third-order valence-corrected chi connectivity index (χ3v) is 11.3. The quantitative estimate of drug-likeness (QED) is 0.341. The third kappa shape index (κ3) is 3.54. The molecule has 0 aromatic carbocycles. The Balaban J connectivity index is 1.42. The summed E-state index contributed by atoms with van der Waals surface area (Å²) in [6.07, 6.45) is 2.18. The monoisotopic (exact) mass is 562 g/mol. The smallest absolute Gasteiger partial charge is 0.330 e. The first-order chi connectivity index (χ1) is 18.8.